The molecule has 0 radical (unpaired) electrons. The summed E-state index contributed by atoms with van der Waals surface area (Å²) in [4.78, 5) is 43.8. The van der Waals surface area contributed by atoms with Crippen molar-refractivity contribution in [2.75, 3.05) is 13.2 Å². The normalized spacial score (nSPS) is 23.3. The van der Waals surface area contributed by atoms with Crippen molar-refractivity contribution >= 4 is 17.1 Å². The first-order valence-corrected chi connectivity index (χ1v) is 9.50. The number of rotatable bonds is 5. The summed E-state index contributed by atoms with van der Waals surface area (Å²) in [5.74, 6) is 0.374. The molecule has 10 nitrogen and oxygen atoms in total. The topological polar surface area (TPSA) is 120 Å². The molecule has 2 aromatic rings. The summed E-state index contributed by atoms with van der Waals surface area (Å²) in [6, 6.07) is 0. The smallest absolute Gasteiger partial charge is 0.332 e. The fraction of sp³-hybridized carbons (Fsp3) is 0.474. The van der Waals surface area contributed by atoms with E-state index in [9.17, 15) is 14.4 Å². The third kappa shape index (κ3) is 3.68. The van der Waals surface area contributed by atoms with E-state index in [2.05, 4.69) is 15.3 Å². The second-order valence-electron chi connectivity index (χ2n) is 7.14. The molecule has 10 heteroatoms. The number of aryl methyl sites for hydroxylation is 2. The second-order valence-corrected chi connectivity index (χ2v) is 7.14. The van der Waals surface area contributed by atoms with Crippen molar-refractivity contribution in [3.63, 3.8) is 0 Å². The highest BCUT2D eigenvalue weighted by atomic mass is 16.6. The third-order valence-electron chi connectivity index (χ3n) is 5.12. The van der Waals surface area contributed by atoms with E-state index in [1.165, 1.54) is 11.6 Å². The molecule has 0 spiro atoms. The first kappa shape index (κ1) is 19.3. The maximum atomic E-state index is 12.3. The Hall–Kier alpha value is -2.98. The molecule has 29 heavy (non-hydrogen) atoms. The van der Waals surface area contributed by atoms with E-state index in [0.29, 0.717) is 36.4 Å². The highest BCUT2D eigenvalue weighted by Crippen LogP contribution is 2.20. The van der Waals surface area contributed by atoms with Crippen LogP contribution in [0.5, 0.6) is 0 Å². The number of amides is 1. The molecule has 2 N–H and O–H groups in total. The van der Waals surface area contributed by atoms with E-state index in [0.717, 1.165) is 4.57 Å². The van der Waals surface area contributed by atoms with Crippen LogP contribution in [-0.2, 0) is 34.8 Å². The van der Waals surface area contributed by atoms with Crippen molar-refractivity contribution < 1.29 is 14.3 Å². The molecule has 0 saturated carbocycles. The Morgan fingerprint density at radius 3 is 2.79 bits per heavy atom. The molecular weight excluding hydrogens is 378 g/mol. The van der Waals surface area contributed by atoms with Gasteiger partial charge in [0, 0.05) is 27.1 Å². The Labute approximate surface area is 165 Å². The number of allylic oxidation sites excluding steroid dienone is 2. The minimum Gasteiger partial charge on any atom is -0.368 e. The van der Waals surface area contributed by atoms with Crippen LogP contribution in [0.4, 0.5) is 0 Å². The molecule has 4 rings (SSSR count). The zero-order valence-electron chi connectivity index (χ0n) is 16.3. The monoisotopic (exact) mass is 401 g/mol. The molecule has 0 bridgehead atoms. The molecule has 154 valence electrons. The Morgan fingerprint density at radius 1 is 1.24 bits per heavy atom. The Kier molecular flexibility index (Phi) is 5.20. The molecule has 1 fully saturated rings. The highest BCUT2D eigenvalue weighted by molar-refractivity contribution is 5.81. The van der Waals surface area contributed by atoms with Crippen molar-refractivity contribution in [2.24, 2.45) is 14.1 Å². The number of hydrogen-bond acceptors (Lipinski definition) is 6. The average molecular weight is 401 g/mol. The SMILES string of the molecule is Cn1c(=O)c2[nH]c(CCCNC(=O)C3COC4C=CC=CC4O3)nc2n(C)c1=O. The van der Waals surface area contributed by atoms with Gasteiger partial charge in [-0.15, -0.1) is 0 Å². The fourth-order valence-electron chi connectivity index (χ4n) is 3.48. The van der Waals surface area contributed by atoms with Gasteiger partial charge in [0.25, 0.3) is 11.5 Å². The molecule has 2 aliphatic rings. The molecule has 3 unspecified atom stereocenters. The van der Waals surface area contributed by atoms with Gasteiger partial charge < -0.3 is 19.8 Å². The van der Waals surface area contributed by atoms with Gasteiger partial charge in [0.1, 0.15) is 23.5 Å². The van der Waals surface area contributed by atoms with Gasteiger partial charge in [0.15, 0.2) is 11.8 Å². The maximum Gasteiger partial charge on any atom is 0.332 e. The molecular formula is C19H23N5O5. The summed E-state index contributed by atoms with van der Waals surface area (Å²) < 4.78 is 13.8. The maximum absolute atomic E-state index is 12.3. The molecule has 0 aromatic carbocycles. The standard InChI is InChI=1S/C19H23N5O5/c1-23-16-15(18(26)24(2)19(23)27)21-14(22-16)8-5-9-20-17(25)13-10-28-11-6-3-4-7-12(11)29-13/h3-4,6-7,11-13H,5,8-10H2,1-2H3,(H,20,25)(H,21,22). The largest absolute Gasteiger partial charge is 0.368 e. The number of fused-ring (bicyclic) bond motifs is 2. The highest BCUT2D eigenvalue weighted by Gasteiger charge is 2.33. The van der Waals surface area contributed by atoms with Gasteiger partial charge in [-0.2, -0.15) is 0 Å². The van der Waals surface area contributed by atoms with Crippen LogP contribution in [0.3, 0.4) is 0 Å². The Morgan fingerprint density at radius 2 is 2.00 bits per heavy atom. The van der Waals surface area contributed by atoms with E-state index in [4.69, 9.17) is 9.47 Å². The van der Waals surface area contributed by atoms with E-state index >= 15 is 0 Å². The number of ether oxygens (including phenoxy) is 2. The van der Waals surface area contributed by atoms with Crippen LogP contribution in [0.25, 0.3) is 11.2 Å². The first-order chi connectivity index (χ1) is 14.0. The number of carbonyl (C=O) groups excluding carboxylic acids is 1. The summed E-state index contributed by atoms with van der Waals surface area (Å²) in [6.45, 7) is 0.641. The Balaban J connectivity index is 1.31. The zero-order chi connectivity index (χ0) is 20.5. The van der Waals surface area contributed by atoms with Gasteiger partial charge in [-0.25, -0.2) is 9.78 Å². The van der Waals surface area contributed by atoms with E-state index in [1.807, 2.05) is 24.3 Å². The van der Waals surface area contributed by atoms with Crippen LogP contribution >= 0.6 is 0 Å². The molecule has 1 saturated heterocycles. The lowest BCUT2D eigenvalue weighted by atomic mass is 10.1. The van der Waals surface area contributed by atoms with Crippen LogP contribution in [0.2, 0.25) is 0 Å². The molecule has 1 amide bonds. The average Bonchev–Trinajstić information content (AvgIpc) is 3.17. The number of H-pyrrole nitrogens is 1. The predicted octanol–water partition coefficient (Wildman–Crippen LogP) is -0.712. The van der Waals surface area contributed by atoms with Crippen LogP contribution in [0.1, 0.15) is 12.2 Å². The predicted molar refractivity (Wildman–Crippen MR) is 105 cm³/mol. The number of imidazole rings is 1. The van der Waals surface area contributed by atoms with Crippen molar-refractivity contribution in [3.05, 3.63) is 51.0 Å². The van der Waals surface area contributed by atoms with E-state index in [1.54, 1.807) is 7.05 Å². The number of aromatic amines is 1. The summed E-state index contributed by atoms with van der Waals surface area (Å²) in [5, 5.41) is 2.84. The van der Waals surface area contributed by atoms with Crippen molar-refractivity contribution in [2.45, 2.75) is 31.2 Å². The first-order valence-electron chi connectivity index (χ1n) is 9.50. The van der Waals surface area contributed by atoms with Crippen LogP contribution in [0.15, 0.2) is 33.9 Å². The number of aromatic nitrogens is 4. The number of nitrogens with one attached hydrogen (secondary N) is 2. The van der Waals surface area contributed by atoms with Gasteiger partial charge in [-0.3, -0.25) is 18.7 Å². The quantitative estimate of drug-likeness (QED) is 0.639. The van der Waals surface area contributed by atoms with Crippen LogP contribution < -0.4 is 16.6 Å². The van der Waals surface area contributed by atoms with Crippen molar-refractivity contribution in [1.29, 1.82) is 0 Å². The van der Waals surface area contributed by atoms with Crippen molar-refractivity contribution in [3.8, 4) is 0 Å². The van der Waals surface area contributed by atoms with Gasteiger partial charge in [-0.05, 0) is 6.42 Å². The van der Waals surface area contributed by atoms with Crippen LogP contribution in [-0.4, -0.2) is 56.5 Å². The molecule has 3 heterocycles. The van der Waals surface area contributed by atoms with Crippen molar-refractivity contribution in [1.82, 2.24) is 24.4 Å². The second kappa shape index (κ2) is 7.80. The minimum atomic E-state index is -0.642. The molecule has 1 aliphatic carbocycles. The number of carbonyl (C=O) groups is 1. The van der Waals surface area contributed by atoms with Gasteiger partial charge in [0.05, 0.1) is 6.61 Å². The lowest BCUT2D eigenvalue weighted by Crippen LogP contribution is -2.49. The summed E-state index contributed by atoms with van der Waals surface area (Å²) >= 11 is 0. The number of nitrogens with zero attached hydrogens (tertiary/aromatic N) is 3. The number of hydrogen-bond donors (Lipinski definition) is 2. The molecule has 3 atom stereocenters. The van der Waals surface area contributed by atoms with Crippen LogP contribution in [0, 0.1) is 0 Å². The molecule has 1 aliphatic heterocycles. The van der Waals surface area contributed by atoms with E-state index in [-0.39, 0.29) is 24.7 Å². The van der Waals surface area contributed by atoms with Gasteiger partial charge in [-0.1, -0.05) is 24.3 Å². The minimum absolute atomic E-state index is 0.138. The summed E-state index contributed by atoms with van der Waals surface area (Å²) in [6.07, 6.45) is 7.68. The fourth-order valence-corrected chi connectivity index (χ4v) is 3.48. The summed E-state index contributed by atoms with van der Waals surface area (Å²) in [7, 11) is 3.00. The molecule has 2 aromatic heterocycles. The summed E-state index contributed by atoms with van der Waals surface area (Å²) in [5.41, 5.74) is -0.206. The Bertz CT molecular complexity index is 1110. The lowest BCUT2D eigenvalue weighted by Gasteiger charge is -2.34. The van der Waals surface area contributed by atoms with E-state index < -0.39 is 17.4 Å². The van der Waals surface area contributed by atoms with Gasteiger partial charge in [0.2, 0.25) is 0 Å². The van der Waals surface area contributed by atoms with Gasteiger partial charge >= 0.3 is 5.69 Å². The lowest BCUT2D eigenvalue weighted by molar-refractivity contribution is -0.168. The zero-order valence-corrected chi connectivity index (χ0v) is 16.3. The third-order valence-corrected chi connectivity index (χ3v) is 5.12.